The average molecular weight is 457 g/mol. The van der Waals surface area contributed by atoms with E-state index in [1.54, 1.807) is 0 Å². The number of allylic oxidation sites excluding steroid dienone is 1. The van der Waals surface area contributed by atoms with Gasteiger partial charge < -0.3 is 14.8 Å². The van der Waals surface area contributed by atoms with E-state index in [0.29, 0.717) is 13.1 Å². The molecule has 6 nitrogen and oxygen atoms in total. The van der Waals surface area contributed by atoms with Crippen LogP contribution in [0.1, 0.15) is 68.9 Å². The Morgan fingerprint density at radius 3 is 2.68 bits per heavy atom. The maximum Gasteiger partial charge on any atom is 0.247 e. The summed E-state index contributed by atoms with van der Waals surface area (Å²) >= 11 is 0. The lowest BCUT2D eigenvalue weighted by atomic mass is 9.97. The van der Waals surface area contributed by atoms with Crippen molar-refractivity contribution >= 4 is 22.8 Å². The number of benzene rings is 2. The number of hydrogen-bond acceptors (Lipinski definition) is 3. The van der Waals surface area contributed by atoms with E-state index in [0.717, 1.165) is 41.7 Å². The lowest BCUT2D eigenvalue weighted by Crippen LogP contribution is -2.46. The van der Waals surface area contributed by atoms with Gasteiger partial charge in [-0.15, -0.1) is 0 Å². The van der Waals surface area contributed by atoms with Crippen LogP contribution in [0.3, 0.4) is 0 Å². The highest BCUT2D eigenvalue weighted by Gasteiger charge is 2.40. The van der Waals surface area contributed by atoms with Crippen molar-refractivity contribution < 1.29 is 9.59 Å². The van der Waals surface area contributed by atoms with Gasteiger partial charge in [-0.1, -0.05) is 54.1 Å². The molecule has 6 heteroatoms. The molecule has 1 N–H and O–H groups in total. The molecule has 1 aliphatic heterocycles. The number of rotatable bonds is 7. The molecule has 0 saturated heterocycles. The summed E-state index contributed by atoms with van der Waals surface area (Å²) in [5.74, 6) is 0.715. The lowest BCUT2D eigenvalue weighted by molar-refractivity contribution is -0.142. The zero-order valence-corrected chi connectivity index (χ0v) is 19.7. The van der Waals surface area contributed by atoms with E-state index in [2.05, 4.69) is 11.4 Å². The minimum atomic E-state index is -0.601. The molecule has 0 saturated carbocycles. The second-order valence-corrected chi connectivity index (χ2v) is 9.38. The molecule has 3 aromatic rings. The molecule has 34 heavy (non-hydrogen) atoms. The van der Waals surface area contributed by atoms with E-state index in [-0.39, 0.29) is 24.3 Å². The van der Waals surface area contributed by atoms with Gasteiger partial charge in [-0.25, -0.2) is 4.98 Å². The van der Waals surface area contributed by atoms with Crippen LogP contribution < -0.4 is 5.32 Å². The number of aromatic nitrogens is 2. The Kier molecular flexibility index (Phi) is 6.48. The van der Waals surface area contributed by atoms with Crippen LogP contribution in [0.15, 0.2) is 66.2 Å². The molecule has 1 aliphatic carbocycles. The molecule has 2 aliphatic rings. The summed E-state index contributed by atoms with van der Waals surface area (Å²) in [5, 5.41) is 3.06. The normalized spacial score (nSPS) is 20.2. The standard InChI is InChI=1S/C28H32N4O2/c1-20-27-30-23-14-8-9-15-24(23)32(27)25(28(34)31(20)19-22-12-6-3-7-13-22)18-26(33)29-17-16-21-10-4-2-5-11-21/h3,6-10,12-15,20,25H,2,4-5,11,16-19H2,1H3,(H,29,33)/t20-,25-/m1/s1. The molecule has 2 amide bonds. The summed E-state index contributed by atoms with van der Waals surface area (Å²) in [6.45, 7) is 3.14. The number of para-hydroxylation sites is 2. The van der Waals surface area contributed by atoms with Crippen molar-refractivity contribution in [3.63, 3.8) is 0 Å². The highest BCUT2D eigenvalue weighted by atomic mass is 16.2. The molecule has 0 radical (unpaired) electrons. The van der Waals surface area contributed by atoms with E-state index in [9.17, 15) is 9.59 Å². The van der Waals surface area contributed by atoms with E-state index < -0.39 is 6.04 Å². The first kappa shape index (κ1) is 22.4. The van der Waals surface area contributed by atoms with Crippen LogP contribution in [0, 0.1) is 0 Å². The Labute approximate surface area is 200 Å². The number of nitrogens with zero attached hydrogens (tertiary/aromatic N) is 3. The van der Waals surface area contributed by atoms with Crippen molar-refractivity contribution in [3.05, 3.63) is 77.6 Å². The van der Waals surface area contributed by atoms with Gasteiger partial charge in [0.15, 0.2) is 0 Å². The van der Waals surface area contributed by atoms with E-state index in [4.69, 9.17) is 4.98 Å². The summed E-state index contributed by atoms with van der Waals surface area (Å²) in [6, 6.07) is 17.1. The van der Waals surface area contributed by atoms with Crippen LogP contribution in [0.25, 0.3) is 11.0 Å². The van der Waals surface area contributed by atoms with Crippen molar-refractivity contribution in [2.75, 3.05) is 6.54 Å². The third kappa shape index (κ3) is 4.49. The first-order valence-corrected chi connectivity index (χ1v) is 12.4. The molecule has 1 aromatic heterocycles. The number of carbonyl (C=O) groups excluding carboxylic acids is 2. The first-order chi connectivity index (χ1) is 16.6. The molecule has 5 rings (SSSR count). The highest BCUT2D eigenvalue weighted by Crippen LogP contribution is 2.37. The number of amides is 2. The Morgan fingerprint density at radius 2 is 1.88 bits per heavy atom. The Morgan fingerprint density at radius 1 is 1.09 bits per heavy atom. The molecule has 2 atom stereocenters. The van der Waals surface area contributed by atoms with Crippen molar-refractivity contribution in [1.29, 1.82) is 0 Å². The van der Waals surface area contributed by atoms with Gasteiger partial charge in [0.05, 0.1) is 23.5 Å². The summed E-state index contributed by atoms with van der Waals surface area (Å²) < 4.78 is 1.99. The molecular formula is C28H32N4O2. The molecule has 2 heterocycles. The molecule has 0 fully saturated rings. The fourth-order valence-corrected chi connectivity index (χ4v) is 5.23. The monoisotopic (exact) mass is 456 g/mol. The first-order valence-electron chi connectivity index (χ1n) is 12.4. The smallest absolute Gasteiger partial charge is 0.247 e. The van der Waals surface area contributed by atoms with Crippen LogP contribution in [-0.2, 0) is 16.1 Å². The predicted molar refractivity (Wildman–Crippen MR) is 133 cm³/mol. The predicted octanol–water partition coefficient (Wildman–Crippen LogP) is 5.08. The maximum absolute atomic E-state index is 13.8. The topological polar surface area (TPSA) is 67.2 Å². The molecule has 0 unspecified atom stereocenters. The zero-order valence-electron chi connectivity index (χ0n) is 19.7. The Bertz CT molecular complexity index is 1210. The molecule has 2 aromatic carbocycles. The second kappa shape index (κ2) is 9.84. The van der Waals surface area contributed by atoms with E-state index in [1.807, 2.05) is 71.0 Å². The number of hydrogen-bond donors (Lipinski definition) is 1. The van der Waals surface area contributed by atoms with E-state index >= 15 is 0 Å². The zero-order chi connectivity index (χ0) is 23.5. The van der Waals surface area contributed by atoms with Crippen LogP contribution in [0.4, 0.5) is 0 Å². The number of imidazole rings is 1. The largest absolute Gasteiger partial charge is 0.356 e. The SMILES string of the molecule is C[C@@H]1c2nc3ccccc3n2[C@H](CC(=O)NCCC2=CCCCC2)C(=O)N1Cc1ccccc1. The van der Waals surface area contributed by atoms with Crippen molar-refractivity contribution in [2.24, 2.45) is 0 Å². The van der Waals surface area contributed by atoms with Crippen molar-refractivity contribution in [1.82, 2.24) is 19.8 Å². The van der Waals surface area contributed by atoms with Gasteiger partial charge in [-0.05, 0) is 56.7 Å². The fraction of sp³-hybridized carbons (Fsp3) is 0.393. The van der Waals surface area contributed by atoms with E-state index in [1.165, 1.54) is 18.4 Å². The number of nitrogens with one attached hydrogen (secondary N) is 1. The van der Waals surface area contributed by atoms with Crippen LogP contribution in [-0.4, -0.2) is 32.8 Å². The minimum Gasteiger partial charge on any atom is -0.356 e. The van der Waals surface area contributed by atoms with Crippen LogP contribution in [0.2, 0.25) is 0 Å². The summed E-state index contributed by atoms with van der Waals surface area (Å²) in [4.78, 5) is 33.5. The van der Waals surface area contributed by atoms with Gasteiger partial charge in [-0.3, -0.25) is 9.59 Å². The summed E-state index contributed by atoms with van der Waals surface area (Å²) in [6.07, 6.45) is 8.09. The average Bonchev–Trinajstić information content (AvgIpc) is 3.25. The molecular weight excluding hydrogens is 424 g/mol. The van der Waals surface area contributed by atoms with Crippen molar-refractivity contribution in [2.45, 2.75) is 64.1 Å². The van der Waals surface area contributed by atoms with Gasteiger partial charge in [0.1, 0.15) is 11.9 Å². The van der Waals surface area contributed by atoms with Gasteiger partial charge in [0.25, 0.3) is 0 Å². The minimum absolute atomic E-state index is 0.0304. The van der Waals surface area contributed by atoms with Crippen LogP contribution in [0.5, 0.6) is 0 Å². The number of fused-ring (bicyclic) bond motifs is 3. The fourth-order valence-electron chi connectivity index (χ4n) is 5.23. The third-order valence-corrected chi connectivity index (χ3v) is 7.07. The summed E-state index contributed by atoms with van der Waals surface area (Å²) in [5.41, 5.74) is 4.26. The van der Waals surface area contributed by atoms with Gasteiger partial charge in [-0.2, -0.15) is 0 Å². The molecule has 176 valence electrons. The Balaban J connectivity index is 1.39. The Hall–Kier alpha value is -3.41. The summed E-state index contributed by atoms with van der Waals surface area (Å²) in [7, 11) is 0. The quantitative estimate of drug-likeness (QED) is 0.504. The van der Waals surface area contributed by atoms with Gasteiger partial charge in [0, 0.05) is 13.1 Å². The lowest BCUT2D eigenvalue weighted by Gasteiger charge is -2.38. The molecule has 0 spiro atoms. The second-order valence-electron chi connectivity index (χ2n) is 9.38. The van der Waals surface area contributed by atoms with Crippen molar-refractivity contribution in [3.8, 4) is 0 Å². The van der Waals surface area contributed by atoms with Gasteiger partial charge >= 0.3 is 0 Å². The maximum atomic E-state index is 13.8. The highest BCUT2D eigenvalue weighted by molar-refractivity contribution is 5.90. The number of carbonyl (C=O) groups is 2. The van der Waals surface area contributed by atoms with Crippen LogP contribution >= 0.6 is 0 Å². The van der Waals surface area contributed by atoms with Gasteiger partial charge in [0.2, 0.25) is 11.8 Å². The third-order valence-electron chi connectivity index (χ3n) is 7.07. The molecule has 0 bridgehead atoms.